The Hall–Kier alpha value is -2.44. The molecule has 2 aliphatic heterocycles. The lowest BCUT2D eigenvalue weighted by atomic mass is 10.1. The molecule has 0 saturated carbocycles. The van der Waals surface area contributed by atoms with Gasteiger partial charge in [0.1, 0.15) is 13.2 Å². The molecule has 1 aromatic carbocycles. The van der Waals surface area contributed by atoms with E-state index >= 15 is 0 Å². The van der Waals surface area contributed by atoms with Crippen LogP contribution in [-0.4, -0.2) is 67.8 Å². The first-order valence-electron chi connectivity index (χ1n) is 8.75. The Morgan fingerprint density at radius 3 is 2.56 bits per heavy atom. The first-order valence-corrected chi connectivity index (χ1v) is 8.75. The lowest BCUT2D eigenvalue weighted by Gasteiger charge is -2.22. The van der Waals surface area contributed by atoms with Crippen molar-refractivity contribution in [3.63, 3.8) is 0 Å². The van der Waals surface area contributed by atoms with Crippen LogP contribution in [0.15, 0.2) is 18.2 Å². The van der Waals surface area contributed by atoms with Crippen molar-refractivity contribution in [2.75, 3.05) is 46.0 Å². The van der Waals surface area contributed by atoms with E-state index in [2.05, 4.69) is 0 Å². The Morgan fingerprint density at radius 1 is 1.04 bits per heavy atom. The van der Waals surface area contributed by atoms with Crippen LogP contribution < -0.4 is 9.47 Å². The van der Waals surface area contributed by atoms with E-state index in [0.29, 0.717) is 58.2 Å². The molecule has 0 atom stereocenters. The second-order valence-electron chi connectivity index (χ2n) is 6.08. The van der Waals surface area contributed by atoms with Crippen molar-refractivity contribution in [3.8, 4) is 11.5 Å². The van der Waals surface area contributed by atoms with E-state index in [1.807, 2.05) is 23.1 Å². The number of hydrogen-bond donors (Lipinski definition) is 0. The Morgan fingerprint density at radius 2 is 1.76 bits per heavy atom. The summed E-state index contributed by atoms with van der Waals surface area (Å²) in [7, 11) is 0. The van der Waals surface area contributed by atoms with E-state index in [-0.39, 0.29) is 12.0 Å². The van der Waals surface area contributed by atoms with Gasteiger partial charge in [-0.2, -0.15) is 0 Å². The molecule has 1 saturated heterocycles. The van der Waals surface area contributed by atoms with Gasteiger partial charge >= 0.3 is 6.09 Å². The van der Waals surface area contributed by atoms with E-state index in [4.69, 9.17) is 14.2 Å². The van der Waals surface area contributed by atoms with E-state index in [1.165, 1.54) is 0 Å². The van der Waals surface area contributed by atoms with Crippen molar-refractivity contribution in [2.45, 2.75) is 19.8 Å². The normalized spacial score (nSPS) is 17.0. The second-order valence-corrected chi connectivity index (χ2v) is 6.08. The van der Waals surface area contributed by atoms with Crippen LogP contribution in [-0.2, 0) is 16.0 Å². The van der Waals surface area contributed by atoms with Gasteiger partial charge in [-0.05, 0) is 31.0 Å². The third-order valence-corrected chi connectivity index (χ3v) is 4.34. The lowest BCUT2D eigenvalue weighted by molar-refractivity contribution is -0.130. The van der Waals surface area contributed by atoms with Gasteiger partial charge in [-0.15, -0.1) is 0 Å². The molecule has 136 valence electrons. The zero-order chi connectivity index (χ0) is 17.6. The smallest absolute Gasteiger partial charge is 0.409 e. The third-order valence-electron chi connectivity index (χ3n) is 4.34. The Balaban J connectivity index is 1.57. The predicted octanol–water partition coefficient (Wildman–Crippen LogP) is 1.69. The predicted molar refractivity (Wildman–Crippen MR) is 90.9 cm³/mol. The number of carbonyl (C=O) groups is 2. The summed E-state index contributed by atoms with van der Waals surface area (Å²) in [6.45, 7) is 5.54. The minimum absolute atomic E-state index is 0.0578. The monoisotopic (exact) mass is 348 g/mol. The van der Waals surface area contributed by atoms with Crippen LogP contribution in [0.4, 0.5) is 4.79 Å². The summed E-state index contributed by atoms with van der Waals surface area (Å²) in [5.74, 6) is 1.48. The highest BCUT2D eigenvalue weighted by molar-refractivity contribution is 5.79. The van der Waals surface area contributed by atoms with Gasteiger partial charge in [0.15, 0.2) is 11.5 Å². The summed E-state index contributed by atoms with van der Waals surface area (Å²) in [6, 6.07) is 5.62. The zero-order valence-electron chi connectivity index (χ0n) is 14.5. The van der Waals surface area contributed by atoms with E-state index in [1.54, 1.807) is 11.8 Å². The minimum atomic E-state index is -0.302. The van der Waals surface area contributed by atoms with Crippen molar-refractivity contribution >= 4 is 12.0 Å². The average molecular weight is 348 g/mol. The number of ether oxygens (including phenoxy) is 3. The van der Waals surface area contributed by atoms with E-state index < -0.39 is 0 Å². The molecule has 0 aliphatic carbocycles. The average Bonchev–Trinajstić information content (AvgIpc) is 2.88. The van der Waals surface area contributed by atoms with Crippen molar-refractivity contribution in [1.29, 1.82) is 0 Å². The number of amides is 2. The fourth-order valence-electron chi connectivity index (χ4n) is 3.05. The highest BCUT2D eigenvalue weighted by atomic mass is 16.6. The summed E-state index contributed by atoms with van der Waals surface area (Å²) in [6.07, 6.45) is 0.769. The minimum Gasteiger partial charge on any atom is -0.486 e. The summed E-state index contributed by atoms with van der Waals surface area (Å²) >= 11 is 0. The quantitative estimate of drug-likeness (QED) is 0.831. The molecule has 3 rings (SSSR count). The van der Waals surface area contributed by atoms with Crippen LogP contribution in [0.5, 0.6) is 11.5 Å². The number of nitrogens with zero attached hydrogens (tertiary/aromatic N) is 2. The lowest BCUT2D eigenvalue weighted by Crippen LogP contribution is -2.38. The molecule has 0 spiro atoms. The van der Waals surface area contributed by atoms with Crippen LogP contribution >= 0.6 is 0 Å². The third kappa shape index (κ3) is 4.35. The van der Waals surface area contributed by atoms with Gasteiger partial charge in [-0.3, -0.25) is 4.79 Å². The molecule has 2 heterocycles. The molecule has 7 heteroatoms. The molecule has 0 unspecified atom stereocenters. The molecular weight excluding hydrogens is 324 g/mol. The van der Waals surface area contributed by atoms with Gasteiger partial charge < -0.3 is 24.0 Å². The summed E-state index contributed by atoms with van der Waals surface area (Å²) in [4.78, 5) is 27.9. The molecule has 1 fully saturated rings. The topological polar surface area (TPSA) is 68.3 Å². The Labute approximate surface area is 147 Å². The number of rotatable bonds is 3. The summed E-state index contributed by atoms with van der Waals surface area (Å²) in [5.41, 5.74) is 0.903. The first kappa shape index (κ1) is 17.4. The van der Waals surface area contributed by atoms with Gasteiger partial charge in [0, 0.05) is 26.2 Å². The van der Waals surface area contributed by atoms with Crippen LogP contribution in [0.2, 0.25) is 0 Å². The van der Waals surface area contributed by atoms with Crippen LogP contribution in [0.1, 0.15) is 18.9 Å². The van der Waals surface area contributed by atoms with E-state index in [0.717, 1.165) is 17.7 Å². The van der Waals surface area contributed by atoms with Crippen molar-refractivity contribution in [2.24, 2.45) is 0 Å². The van der Waals surface area contributed by atoms with Gasteiger partial charge in [-0.1, -0.05) is 6.07 Å². The largest absolute Gasteiger partial charge is 0.486 e. The highest BCUT2D eigenvalue weighted by Gasteiger charge is 2.23. The molecule has 0 radical (unpaired) electrons. The molecule has 1 aromatic rings. The van der Waals surface area contributed by atoms with Crippen molar-refractivity contribution in [1.82, 2.24) is 9.80 Å². The molecule has 25 heavy (non-hydrogen) atoms. The number of hydrogen-bond acceptors (Lipinski definition) is 5. The number of benzene rings is 1. The van der Waals surface area contributed by atoms with Gasteiger partial charge in [0.05, 0.1) is 13.0 Å². The van der Waals surface area contributed by atoms with Crippen LogP contribution in [0, 0.1) is 0 Å². The van der Waals surface area contributed by atoms with Crippen molar-refractivity contribution < 1.29 is 23.8 Å². The number of carbonyl (C=O) groups excluding carboxylic acids is 2. The maximum Gasteiger partial charge on any atom is 0.409 e. The van der Waals surface area contributed by atoms with Crippen LogP contribution in [0.3, 0.4) is 0 Å². The van der Waals surface area contributed by atoms with Gasteiger partial charge in [-0.25, -0.2) is 4.79 Å². The molecule has 0 bridgehead atoms. The Kier molecular flexibility index (Phi) is 5.63. The first-order chi connectivity index (χ1) is 12.2. The fourth-order valence-corrected chi connectivity index (χ4v) is 3.05. The summed E-state index contributed by atoms with van der Waals surface area (Å²) in [5, 5.41) is 0. The highest BCUT2D eigenvalue weighted by Crippen LogP contribution is 2.31. The van der Waals surface area contributed by atoms with Crippen LogP contribution in [0.25, 0.3) is 0 Å². The van der Waals surface area contributed by atoms with Gasteiger partial charge in [0.2, 0.25) is 5.91 Å². The maximum absolute atomic E-state index is 12.6. The molecule has 7 nitrogen and oxygen atoms in total. The molecule has 2 aliphatic rings. The SMILES string of the molecule is CCOC(=O)N1CCCN(C(=O)Cc2ccc3c(c2)OCCO3)CC1. The molecule has 0 N–H and O–H groups in total. The molecular formula is C18H24N2O5. The van der Waals surface area contributed by atoms with Crippen molar-refractivity contribution in [3.05, 3.63) is 23.8 Å². The number of fused-ring (bicyclic) bond motifs is 1. The van der Waals surface area contributed by atoms with Gasteiger partial charge in [0.25, 0.3) is 0 Å². The Bertz CT molecular complexity index is 634. The fraction of sp³-hybridized carbons (Fsp3) is 0.556. The van der Waals surface area contributed by atoms with E-state index in [9.17, 15) is 9.59 Å². The molecule has 0 aromatic heterocycles. The standard InChI is InChI=1S/C18H24N2O5/c1-2-23-18(22)20-7-3-6-19(8-9-20)17(21)13-14-4-5-15-16(12-14)25-11-10-24-15/h4-5,12H,2-3,6-11,13H2,1H3. The summed E-state index contributed by atoms with van der Waals surface area (Å²) < 4.78 is 16.1. The molecule has 2 amide bonds. The maximum atomic E-state index is 12.6. The zero-order valence-corrected chi connectivity index (χ0v) is 14.5. The second kappa shape index (κ2) is 8.09.